The first-order valence-corrected chi connectivity index (χ1v) is 5.72. The number of esters is 1. The molecular formula is C13H18N2O3. The maximum absolute atomic E-state index is 11.6. The molecule has 5 nitrogen and oxygen atoms in total. The van der Waals surface area contributed by atoms with Crippen molar-refractivity contribution < 1.29 is 14.3 Å². The Morgan fingerprint density at radius 1 is 1.33 bits per heavy atom. The van der Waals surface area contributed by atoms with Crippen molar-refractivity contribution in [2.45, 2.75) is 25.4 Å². The summed E-state index contributed by atoms with van der Waals surface area (Å²) >= 11 is 0. The van der Waals surface area contributed by atoms with Crippen molar-refractivity contribution in [3.63, 3.8) is 0 Å². The van der Waals surface area contributed by atoms with Crippen LogP contribution in [0.1, 0.15) is 12.5 Å². The molecule has 5 heteroatoms. The summed E-state index contributed by atoms with van der Waals surface area (Å²) in [6.07, 6.45) is 0.381. The number of amides is 1. The van der Waals surface area contributed by atoms with E-state index < -0.39 is 18.1 Å². The summed E-state index contributed by atoms with van der Waals surface area (Å²) in [6, 6.07) is 8.02. The van der Waals surface area contributed by atoms with Crippen LogP contribution in [0.2, 0.25) is 0 Å². The molecule has 0 bridgehead atoms. The zero-order valence-corrected chi connectivity index (χ0v) is 10.6. The first-order valence-electron chi connectivity index (χ1n) is 5.72. The van der Waals surface area contributed by atoms with Crippen molar-refractivity contribution in [1.82, 2.24) is 5.32 Å². The van der Waals surface area contributed by atoms with E-state index in [0.717, 1.165) is 5.56 Å². The molecule has 3 N–H and O–H groups in total. The van der Waals surface area contributed by atoms with E-state index in [9.17, 15) is 9.59 Å². The second-order valence-electron chi connectivity index (χ2n) is 4.06. The molecule has 0 heterocycles. The van der Waals surface area contributed by atoms with Gasteiger partial charge in [0.1, 0.15) is 6.04 Å². The predicted molar refractivity (Wildman–Crippen MR) is 67.7 cm³/mol. The van der Waals surface area contributed by atoms with E-state index in [1.165, 1.54) is 7.11 Å². The fourth-order valence-electron chi connectivity index (χ4n) is 1.49. The van der Waals surface area contributed by atoms with Crippen LogP contribution in [0.25, 0.3) is 0 Å². The van der Waals surface area contributed by atoms with Crippen molar-refractivity contribution in [2.24, 2.45) is 5.73 Å². The quantitative estimate of drug-likeness (QED) is 0.733. The molecule has 0 unspecified atom stereocenters. The molecule has 0 aromatic heterocycles. The van der Waals surface area contributed by atoms with Gasteiger partial charge in [-0.2, -0.15) is 0 Å². The second kappa shape index (κ2) is 6.76. The van der Waals surface area contributed by atoms with Crippen molar-refractivity contribution in [3.8, 4) is 0 Å². The number of hydrogen-bond donors (Lipinski definition) is 2. The van der Waals surface area contributed by atoms with Gasteiger partial charge in [-0.1, -0.05) is 30.3 Å². The van der Waals surface area contributed by atoms with Crippen molar-refractivity contribution in [2.75, 3.05) is 7.11 Å². The molecule has 1 aromatic rings. The molecule has 0 saturated carbocycles. The average Bonchev–Trinajstić information content (AvgIpc) is 2.38. The molecule has 0 saturated heterocycles. The van der Waals surface area contributed by atoms with Crippen LogP contribution in [0.4, 0.5) is 0 Å². The van der Waals surface area contributed by atoms with Crippen LogP contribution in [0, 0.1) is 0 Å². The van der Waals surface area contributed by atoms with Gasteiger partial charge in [0.15, 0.2) is 0 Å². The standard InChI is InChI=1S/C13H18N2O3/c1-9(14)12(16)15-11(13(17)18-2)8-10-6-4-3-5-7-10/h3-7,9,11H,8,14H2,1-2H3,(H,15,16)/t9-,11-/m0/s1. The number of ether oxygens (including phenoxy) is 1. The smallest absolute Gasteiger partial charge is 0.328 e. The van der Waals surface area contributed by atoms with Gasteiger partial charge in [0.25, 0.3) is 0 Å². The molecule has 18 heavy (non-hydrogen) atoms. The number of benzene rings is 1. The highest BCUT2D eigenvalue weighted by Gasteiger charge is 2.23. The van der Waals surface area contributed by atoms with Crippen molar-refractivity contribution in [3.05, 3.63) is 35.9 Å². The van der Waals surface area contributed by atoms with E-state index in [0.29, 0.717) is 6.42 Å². The Kier molecular flexibility index (Phi) is 5.32. The van der Waals surface area contributed by atoms with Crippen LogP contribution in [0.15, 0.2) is 30.3 Å². The van der Waals surface area contributed by atoms with Gasteiger partial charge in [-0.05, 0) is 12.5 Å². The lowest BCUT2D eigenvalue weighted by atomic mass is 10.1. The minimum absolute atomic E-state index is 0.374. The number of nitrogens with two attached hydrogens (primary N) is 1. The lowest BCUT2D eigenvalue weighted by molar-refractivity contribution is -0.145. The van der Waals surface area contributed by atoms with Gasteiger partial charge in [-0.15, -0.1) is 0 Å². The molecule has 1 rings (SSSR count). The third-order valence-corrected chi connectivity index (χ3v) is 2.50. The fourth-order valence-corrected chi connectivity index (χ4v) is 1.49. The first kappa shape index (κ1) is 14.2. The number of hydrogen-bond acceptors (Lipinski definition) is 4. The summed E-state index contributed by atoms with van der Waals surface area (Å²) in [4.78, 5) is 23.1. The van der Waals surface area contributed by atoms with E-state index in [1.807, 2.05) is 30.3 Å². The Morgan fingerprint density at radius 3 is 2.44 bits per heavy atom. The van der Waals surface area contributed by atoms with Crippen molar-refractivity contribution in [1.29, 1.82) is 0 Å². The summed E-state index contributed by atoms with van der Waals surface area (Å²) in [5, 5.41) is 2.58. The SMILES string of the molecule is COC(=O)[C@H](Cc1ccccc1)NC(=O)[C@H](C)N. The molecule has 0 aliphatic rings. The van der Waals surface area contributed by atoms with Crippen LogP contribution < -0.4 is 11.1 Å². The Bertz CT molecular complexity index is 404. The average molecular weight is 250 g/mol. The fraction of sp³-hybridized carbons (Fsp3) is 0.385. The summed E-state index contributed by atoms with van der Waals surface area (Å²) < 4.78 is 4.67. The summed E-state index contributed by atoms with van der Waals surface area (Å²) in [6.45, 7) is 1.56. The number of methoxy groups -OCH3 is 1. The number of rotatable bonds is 5. The topological polar surface area (TPSA) is 81.4 Å². The normalized spacial score (nSPS) is 13.5. The number of carbonyl (C=O) groups excluding carboxylic acids is 2. The molecule has 98 valence electrons. The van der Waals surface area contributed by atoms with E-state index in [2.05, 4.69) is 10.1 Å². The lowest BCUT2D eigenvalue weighted by Crippen LogP contribution is -2.48. The van der Waals surface area contributed by atoms with Gasteiger partial charge in [0, 0.05) is 6.42 Å². The Hall–Kier alpha value is -1.88. The molecule has 0 aliphatic heterocycles. The largest absolute Gasteiger partial charge is 0.467 e. The minimum Gasteiger partial charge on any atom is -0.467 e. The van der Waals surface area contributed by atoms with E-state index in [-0.39, 0.29) is 5.91 Å². The highest BCUT2D eigenvalue weighted by molar-refractivity contribution is 5.87. The van der Waals surface area contributed by atoms with E-state index >= 15 is 0 Å². The van der Waals surface area contributed by atoms with Gasteiger partial charge in [0.05, 0.1) is 13.2 Å². The monoisotopic (exact) mass is 250 g/mol. The molecule has 1 amide bonds. The van der Waals surface area contributed by atoms with Crippen molar-refractivity contribution >= 4 is 11.9 Å². The Morgan fingerprint density at radius 2 is 1.94 bits per heavy atom. The van der Waals surface area contributed by atoms with Gasteiger partial charge < -0.3 is 15.8 Å². The molecular weight excluding hydrogens is 232 g/mol. The molecule has 0 radical (unpaired) electrons. The molecule has 2 atom stereocenters. The summed E-state index contributed by atoms with van der Waals surface area (Å²) in [7, 11) is 1.29. The van der Waals surface area contributed by atoms with E-state index in [4.69, 9.17) is 5.73 Å². The second-order valence-corrected chi connectivity index (χ2v) is 4.06. The summed E-state index contributed by atoms with van der Waals surface area (Å²) in [5.41, 5.74) is 6.40. The van der Waals surface area contributed by atoms with Crippen LogP contribution >= 0.6 is 0 Å². The summed E-state index contributed by atoms with van der Waals surface area (Å²) in [5.74, 6) is -0.853. The van der Waals surface area contributed by atoms with Crippen LogP contribution in [-0.4, -0.2) is 31.1 Å². The van der Waals surface area contributed by atoms with Crippen LogP contribution in [0.3, 0.4) is 0 Å². The maximum atomic E-state index is 11.6. The third kappa shape index (κ3) is 4.18. The zero-order valence-electron chi connectivity index (χ0n) is 10.6. The van der Waals surface area contributed by atoms with Gasteiger partial charge in [-0.3, -0.25) is 4.79 Å². The van der Waals surface area contributed by atoms with Crippen LogP contribution in [-0.2, 0) is 20.7 Å². The highest BCUT2D eigenvalue weighted by atomic mass is 16.5. The Balaban J connectivity index is 2.73. The molecule has 0 spiro atoms. The van der Waals surface area contributed by atoms with Crippen LogP contribution in [0.5, 0.6) is 0 Å². The zero-order chi connectivity index (χ0) is 13.5. The lowest BCUT2D eigenvalue weighted by Gasteiger charge is -2.17. The Labute approximate surface area is 106 Å². The molecule has 0 aliphatic carbocycles. The maximum Gasteiger partial charge on any atom is 0.328 e. The highest BCUT2D eigenvalue weighted by Crippen LogP contribution is 2.04. The third-order valence-electron chi connectivity index (χ3n) is 2.50. The number of nitrogens with one attached hydrogen (secondary N) is 1. The van der Waals surface area contributed by atoms with Gasteiger partial charge >= 0.3 is 5.97 Å². The first-order chi connectivity index (χ1) is 8.54. The minimum atomic E-state index is -0.712. The van der Waals surface area contributed by atoms with Gasteiger partial charge in [0.2, 0.25) is 5.91 Å². The van der Waals surface area contributed by atoms with E-state index in [1.54, 1.807) is 6.92 Å². The number of carbonyl (C=O) groups is 2. The molecule has 1 aromatic carbocycles. The predicted octanol–water partition coefficient (Wildman–Crippen LogP) is 0.234. The van der Waals surface area contributed by atoms with Gasteiger partial charge in [-0.25, -0.2) is 4.79 Å². The molecule has 0 fully saturated rings.